The van der Waals surface area contributed by atoms with Crippen LogP contribution in [0.25, 0.3) is 5.65 Å². The number of aromatic nitrogens is 2. The second-order valence-electron chi connectivity index (χ2n) is 8.90. The van der Waals surface area contributed by atoms with E-state index in [1.807, 2.05) is 45.8 Å². The summed E-state index contributed by atoms with van der Waals surface area (Å²) in [5.41, 5.74) is 3.52. The number of hydrogen-bond acceptors (Lipinski definition) is 2. The summed E-state index contributed by atoms with van der Waals surface area (Å²) in [6, 6.07) is 23.1. The van der Waals surface area contributed by atoms with E-state index in [9.17, 15) is 9.18 Å². The summed E-state index contributed by atoms with van der Waals surface area (Å²) in [4.78, 5) is 19.8. The molecule has 1 saturated heterocycles. The highest BCUT2D eigenvalue weighted by Crippen LogP contribution is 2.32. The average Bonchev–Trinajstić information content (AvgIpc) is 3.28. The third-order valence-electron chi connectivity index (χ3n) is 6.80. The van der Waals surface area contributed by atoms with Crippen LogP contribution in [0.4, 0.5) is 4.39 Å². The molecule has 1 aliphatic heterocycles. The van der Waals surface area contributed by atoms with Gasteiger partial charge in [-0.2, -0.15) is 0 Å². The lowest BCUT2D eigenvalue weighted by molar-refractivity contribution is -0.132. The quantitative estimate of drug-likeness (QED) is 0.398. The van der Waals surface area contributed by atoms with Crippen LogP contribution in [0.1, 0.15) is 42.0 Å². The first-order valence-corrected chi connectivity index (χ1v) is 11.7. The number of carbonyl (C=O) groups is 1. The topological polar surface area (TPSA) is 37.6 Å². The first-order valence-electron chi connectivity index (χ1n) is 11.7. The Hall–Kier alpha value is -3.47. The van der Waals surface area contributed by atoms with Gasteiger partial charge in [0.15, 0.2) is 0 Å². The molecular weight excluding hydrogens is 413 g/mol. The number of halogens is 1. The van der Waals surface area contributed by atoms with Gasteiger partial charge in [-0.15, -0.1) is 0 Å². The SMILES string of the molecule is O=C(CC(c1ccccc1F)c1cnc2ccccn12)N1CCC(Cc2ccccc2)CC1. The van der Waals surface area contributed by atoms with E-state index in [-0.39, 0.29) is 18.1 Å². The van der Waals surface area contributed by atoms with Crippen molar-refractivity contribution in [1.82, 2.24) is 14.3 Å². The molecule has 4 aromatic rings. The van der Waals surface area contributed by atoms with Gasteiger partial charge in [-0.05, 0) is 54.5 Å². The summed E-state index contributed by atoms with van der Waals surface area (Å²) >= 11 is 0. The molecule has 5 heteroatoms. The van der Waals surface area contributed by atoms with Crippen molar-refractivity contribution in [3.8, 4) is 0 Å². The molecule has 2 aromatic heterocycles. The molecule has 0 radical (unpaired) electrons. The van der Waals surface area contributed by atoms with Crippen LogP contribution in [0.2, 0.25) is 0 Å². The Morgan fingerprint density at radius 1 is 0.970 bits per heavy atom. The van der Waals surface area contributed by atoms with Crippen LogP contribution in [0.15, 0.2) is 85.2 Å². The van der Waals surface area contributed by atoms with Crippen LogP contribution in [-0.4, -0.2) is 33.3 Å². The number of imidazole rings is 1. The maximum atomic E-state index is 14.8. The van der Waals surface area contributed by atoms with Gasteiger partial charge in [-0.1, -0.05) is 54.6 Å². The van der Waals surface area contributed by atoms with Crippen molar-refractivity contribution in [2.75, 3.05) is 13.1 Å². The molecule has 4 nitrogen and oxygen atoms in total. The summed E-state index contributed by atoms with van der Waals surface area (Å²) in [5, 5.41) is 0. The van der Waals surface area contributed by atoms with Crippen molar-refractivity contribution in [3.63, 3.8) is 0 Å². The average molecular weight is 442 g/mol. The minimum Gasteiger partial charge on any atom is -0.343 e. The molecule has 0 aliphatic carbocycles. The number of nitrogens with zero attached hydrogens (tertiary/aromatic N) is 3. The minimum absolute atomic E-state index is 0.0762. The van der Waals surface area contributed by atoms with Crippen LogP contribution < -0.4 is 0 Å². The lowest BCUT2D eigenvalue weighted by atomic mass is 9.88. The Bertz CT molecular complexity index is 1230. The van der Waals surface area contributed by atoms with Crippen molar-refractivity contribution in [2.45, 2.75) is 31.6 Å². The van der Waals surface area contributed by atoms with E-state index in [2.05, 4.69) is 29.2 Å². The zero-order chi connectivity index (χ0) is 22.6. The summed E-state index contributed by atoms with van der Waals surface area (Å²) in [6.07, 6.45) is 6.98. The largest absolute Gasteiger partial charge is 0.343 e. The molecule has 1 unspecified atom stereocenters. The number of likely N-dealkylation sites (tertiary alicyclic amines) is 1. The van der Waals surface area contributed by atoms with Gasteiger partial charge in [0.1, 0.15) is 11.5 Å². The first kappa shape index (κ1) is 21.4. The zero-order valence-electron chi connectivity index (χ0n) is 18.6. The molecule has 5 rings (SSSR count). The first-order chi connectivity index (χ1) is 16.2. The Kier molecular flexibility index (Phi) is 6.20. The monoisotopic (exact) mass is 441 g/mol. The van der Waals surface area contributed by atoms with E-state index in [0.29, 0.717) is 11.5 Å². The van der Waals surface area contributed by atoms with Crippen LogP contribution in [0.5, 0.6) is 0 Å². The second-order valence-corrected chi connectivity index (χ2v) is 8.90. The van der Waals surface area contributed by atoms with Crippen LogP contribution in [-0.2, 0) is 11.2 Å². The Morgan fingerprint density at radius 3 is 2.48 bits per heavy atom. The number of piperidine rings is 1. The Labute approximate surface area is 193 Å². The molecule has 1 atom stereocenters. The van der Waals surface area contributed by atoms with Gasteiger partial charge in [0, 0.05) is 37.8 Å². The van der Waals surface area contributed by atoms with E-state index >= 15 is 0 Å². The maximum absolute atomic E-state index is 14.8. The number of pyridine rings is 1. The third-order valence-corrected chi connectivity index (χ3v) is 6.80. The smallest absolute Gasteiger partial charge is 0.223 e. The highest BCUT2D eigenvalue weighted by molar-refractivity contribution is 5.78. The number of fused-ring (bicyclic) bond motifs is 1. The van der Waals surface area contributed by atoms with Gasteiger partial charge in [0.05, 0.1) is 5.69 Å². The Balaban J connectivity index is 1.32. The van der Waals surface area contributed by atoms with Crippen molar-refractivity contribution in [2.24, 2.45) is 5.92 Å². The summed E-state index contributed by atoms with van der Waals surface area (Å²) < 4.78 is 16.8. The fraction of sp³-hybridized carbons (Fsp3) is 0.286. The van der Waals surface area contributed by atoms with Crippen molar-refractivity contribution >= 4 is 11.6 Å². The molecule has 168 valence electrons. The van der Waals surface area contributed by atoms with Crippen LogP contribution in [0, 0.1) is 11.7 Å². The maximum Gasteiger partial charge on any atom is 0.223 e. The molecule has 2 aromatic carbocycles. The van der Waals surface area contributed by atoms with Gasteiger partial charge in [-0.25, -0.2) is 9.37 Å². The molecule has 33 heavy (non-hydrogen) atoms. The predicted molar refractivity (Wildman–Crippen MR) is 128 cm³/mol. The normalized spacial score (nSPS) is 15.6. The summed E-state index contributed by atoms with van der Waals surface area (Å²) in [5.74, 6) is -0.00854. The number of carbonyl (C=O) groups excluding carboxylic acids is 1. The van der Waals surface area contributed by atoms with E-state index in [1.54, 1.807) is 18.3 Å². The highest BCUT2D eigenvalue weighted by Gasteiger charge is 2.29. The van der Waals surface area contributed by atoms with E-state index in [4.69, 9.17) is 0 Å². The van der Waals surface area contributed by atoms with Crippen LogP contribution in [0.3, 0.4) is 0 Å². The molecule has 1 amide bonds. The fourth-order valence-electron chi connectivity index (χ4n) is 4.98. The molecule has 0 spiro atoms. The number of rotatable bonds is 6. The van der Waals surface area contributed by atoms with Crippen molar-refractivity contribution in [1.29, 1.82) is 0 Å². The Morgan fingerprint density at radius 2 is 1.70 bits per heavy atom. The summed E-state index contributed by atoms with van der Waals surface area (Å²) in [7, 11) is 0. The van der Waals surface area contributed by atoms with Crippen molar-refractivity contribution in [3.05, 3.63) is 108 Å². The molecule has 3 heterocycles. The van der Waals surface area contributed by atoms with E-state index in [0.717, 1.165) is 43.7 Å². The lowest BCUT2D eigenvalue weighted by Gasteiger charge is -2.33. The van der Waals surface area contributed by atoms with E-state index < -0.39 is 5.92 Å². The third kappa shape index (κ3) is 4.68. The lowest BCUT2D eigenvalue weighted by Crippen LogP contribution is -2.39. The molecular formula is C28H28FN3O. The molecule has 1 fully saturated rings. The standard InChI is InChI=1S/C28H28FN3O/c29-25-11-5-4-10-23(25)24(26-20-30-27-12-6-7-15-32(26)27)19-28(33)31-16-13-22(14-17-31)18-21-8-2-1-3-9-21/h1-12,15,20,22,24H,13-14,16-19H2. The molecule has 0 saturated carbocycles. The zero-order valence-corrected chi connectivity index (χ0v) is 18.6. The number of benzene rings is 2. The molecule has 1 aliphatic rings. The van der Waals surface area contributed by atoms with Gasteiger partial charge >= 0.3 is 0 Å². The van der Waals surface area contributed by atoms with Gasteiger partial charge in [0.2, 0.25) is 5.91 Å². The van der Waals surface area contributed by atoms with E-state index in [1.165, 1.54) is 11.6 Å². The van der Waals surface area contributed by atoms with Gasteiger partial charge in [0.25, 0.3) is 0 Å². The highest BCUT2D eigenvalue weighted by atomic mass is 19.1. The van der Waals surface area contributed by atoms with Gasteiger partial charge in [-0.3, -0.25) is 4.79 Å². The van der Waals surface area contributed by atoms with Crippen LogP contribution >= 0.6 is 0 Å². The molecule has 0 bridgehead atoms. The number of hydrogen-bond donors (Lipinski definition) is 0. The fourth-order valence-corrected chi connectivity index (χ4v) is 4.98. The van der Waals surface area contributed by atoms with Gasteiger partial charge < -0.3 is 9.30 Å². The second kappa shape index (κ2) is 9.57. The predicted octanol–water partition coefficient (Wildman–Crippen LogP) is 5.48. The number of amides is 1. The summed E-state index contributed by atoms with van der Waals surface area (Å²) in [6.45, 7) is 1.51. The minimum atomic E-state index is -0.391. The van der Waals surface area contributed by atoms with Crippen molar-refractivity contribution < 1.29 is 9.18 Å². The molecule has 0 N–H and O–H groups in total.